The van der Waals surface area contributed by atoms with Crippen molar-refractivity contribution < 1.29 is 9.59 Å². The second-order valence-corrected chi connectivity index (χ2v) is 8.51. The van der Waals surface area contributed by atoms with Crippen LogP contribution in [0.2, 0.25) is 0 Å². The monoisotopic (exact) mass is 409 g/mol. The number of pyridine rings is 2. The van der Waals surface area contributed by atoms with Crippen molar-refractivity contribution in [1.82, 2.24) is 25.5 Å². The molecule has 3 aromatic rings. The molecule has 150 valence electrons. The summed E-state index contributed by atoms with van der Waals surface area (Å²) in [6, 6.07) is 7.59. The van der Waals surface area contributed by atoms with Gasteiger partial charge < -0.3 is 15.5 Å². The molecule has 0 aromatic carbocycles. The number of likely N-dealkylation sites (N-methyl/N-ethyl adjacent to an activating group) is 1. The molecule has 0 radical (unpaired) electrons. The number of aromatic nitrogens is 2. The lowest BCUT2D eigenvalue weighted by Crippen LogP contribution is -2.30. The highest BCUT2D eigenvalue weighted by molar-refractivity contribution is 7.17. The fourth-order valence-electron chi connectivity index (χ4n) is 2.92. The SMILES string of the molecule is CN(C)CCNC(=O)c1ccc(-c2cncc3ccc(C(=O)NC4CC4)nc23)s1. The van der Waals surface area contributed by atoms with Crippen molar-refractivity contribution in [2.75, 3.05) is 27.2 Å². The summed E-state index contributed by atoms with van der Waals surface area (Å²) in [5.41, 5.74) is 1.93. The van der Waals surface area contributed by atoms with Crippen LogP contribution >= 0.6 is 11.3 Å². The van der Waals surface area contributed by atoms with E-state index in [0.29, 0.717) is 22.6 Å². The first-order chi connectivity index (χ1) is 14.0. The number of fused-ring (bicyclic) bond motifs is 1. The lowest BCUT2D eigenvalue weighted by Gasteiger charge is -2.09. The molecule has 3 heterocycles. The van der Waals surface area contributed by atoms with Crippen LogP contribution in [0.3, 0.4) is 0 Å². The van der Waals surface area contributed by atoms with E-state index in [4.69, 9.17) is 0 Å². The Bertz CT molecular complexity index is 1060. The third-order valence-corrected chi connectivity index (χ3v) is 5.80. The predicted molar refractivity (Wildman–Crippen MR) is 114 cm³/mol. The van der Waals surface area contributed by atoms with E-state index < -0.39 is 0 Å². The molecule has 7 nitrogen and oxygen atoms in total. The zero-order chi connectivity index (χ0) is 20.4. The molecule has 2 N–H and O–H groups in total. The van der Waals surface area contributed by atoms with Gasteiger partial charge in [-0.2, -0.15) is 0 Å². The number of hydrogen-bond acceptors (Lipinski definition) is 6. The molecule has 0 unspecified atom stereocenters. The van der Waals surface area contributed by atoms with Crippen molar-refractivity contribution in [2.45, 2.75) is 18.9 Å². The maximum Gasteiger partial charge on any atom is 0.270 e. The third kappa shape index (κ3) is 4.60. The summed E-state index contributed by atoms with van der Waals surface area (Å²) in [6.45, 7) is 1.38. The molecule has 0 spiro atoms. The number of nitrogens with zero attached hydrogens (tertiary/aromatic N) is 3. The highest BCUT2D eigenvalue weighted by atomic mass is 32.1. The quantitative estimate of drug-likeness (QED) is 0.626. The summed E-state index contributed by atoms with van der Waals surface area (Å²) in [7, 11) is 3.93. The van der Waals surface area contributed by atoms with Crippen LogP contribution in [0, 0.1) is 0 Å². The first-order valence-corrected chi connectivity index (χ1v) is 10.4. The summed E-state index contributed by atoms with van der Waals surface area (Å²) in [5, 5.41) is 6.75. The first kappa shape index (κ1) is 19.5. The Labute approximate surface area is 173 Å². The van der Waals surface area contributed by atoms with Gasteiger partial charge in [0.15, 0.2) is 0 Å². The van der Waals surface area contributed by atoms with Gasteiger partial charge in [-0.25, -0.2) is 4.98 Å². The van der Waals surface area contributed by atoms with Gasteiger partial charge in [-0.05, 0) is 51.2 Å². The second kappa shape index (κ2) is 8.26. The van der Waals surface area contributed by atoms with Gasteiger partial charge in [0.2, 0.25) is 0 Å². The van der Waals surface area contributed by atoms with Gasteiger partial charge in [-0.15, -0.1) is 11.3 Å². The first-order valence-electron chi connectivity index (χ1n) is 9.60. The van der Waals surface area contributed by atoms with E-state index in [9.17, 15) is 9.59 Å². The zero-order valence-electron chi connectivity index (χ0n) is 16.4. The molecule has 0 bridgehead atoms. The Morgan fingerprint density at radius 2 is 1.97 bits per heavy atom. The Kier molecular flexibility index (Phi) is 5.55. The van der Waals surface area contributed by atoms with E-state index in [1.54, 1.807) is 18.5 Å². The van der Waals surface area contributed by atoms with Gasteiger partial charge in [0.05, 0.1) is 10.4 Å². The van der Waals surface area contributed by atoms with Crippen LogP contribution in [0.4, 0.5) is 0 Å². The van der Waals surface area contributed by atoms with E-state index in [0.717, 1.165) is 35.2 Å². The lowest BCUT2D eigenvalue weighted by molar-refractivity contribution is 0.0941. The number of nitrogens with one attached hydrogen (secondary N) is 2. The van der Waals surface area contributed by atoms with Crippen molar-refractivity contribution in [3.63, 3.8) is 0 Å². The Balaban J connectivity index is 1.59. The highest BCUT2D eigenvalue weighted by Crippen LogP contribution is 2.32. The van der Waals surface area contributed by atoms with Gasteiger partial charge in [-0.1, -0.05) is 0 Å². The molecule has 2 amide bonds. The standard InChI is InChI=1S/C21H23N5O2S/c1-26(2)10-9-23-21(28)18-8-7-17(29-18)15-12-22-11-13-3-6-16(25-19(13)15)20(27)24-14-4-5-14/h3,6-8,11-12,14H,4-5,9-10H2,1-2H3,(H,23,28)(H,24,27). The van der Waals surface area contributed by atoms with Crippen molar-refractivity contribution in [1.29, 1.82) is 0 Å². The molecule has 1 aliphatic carbocycles. The molecule has 29 heavy (non-hydrogen) atoms. The third-order valence-electron chi connectivity index (χ3n) is 4.68. The molecule has 4 rings (SSSR count). The molecule has 0 aliphatic heterocycles. The fourth-order valence-corrected chi connectivity index (χ4v) is 3.85. The van der Waals surface area contributed by atoms with Crippen molar-refractivity contribution in [3.05, 3.63) is 47.2 Å². The van der Waals surface area contributed by atoms with Crippen molar-refractivity contribution in [2.24, 2.45) is 0 Å². The average Bonchev–Trinajstić information content (AvgIpc) is 3.38. The Morgan fingerprint density at radius 1 is 1.14 bits per heavy atom. The molecule has 0 atom stereocenters. The number of carbonyl (C=O) groups is 2. The van der Waals surface area contributed by atoms with E-state index in [-0.39, 0.29) is 17.9 Å². The van der Waals surface area contributed by atoms with Crippen LogP contribution in [0.25, 0.3) is 21.3 Å². The maximum atomic E-state index is 12.4. The minimum absolute atomic E-state index is 0.0891. The number of amides is 2. The minimum Gasteiger partial charge on any atom is -0.350 e. The zero-order valence-corrected chi connectivity index (χ0v) is 17.3. The molecule has 8 heteroatoms. The molecule has 1 saturated carbocycles. The number of carbonyl (C=O) groups excluding carboxylic acids is 2. The summed E-state index contributed by atoms with van der Waals surface area (Å²) >= 11 is 1.40. The van der Waals surface area contributed by atoms with E-state index in [2.05, 4.69) is 20.6 Å². The maximum absolute atomic E-state index is 12.4. The van der Waals surface area contributed by atoms with Crippen LogP contribution in [0.15, 0.2) is 36.7 Å². The lowest BCUT2D eigenvalue weighted by atomic mass is 10.1. The average molecular weight is 410 g/mol. The predicted octanol–water partition coefficient (Wildman–Crippen LogP) is 2.54. The van der Waals surface area contributed by atoms with E-state index in [1.807, 2.05) is 37.2 Å². The van der Waals surface area contributed by atoms with Gasteiger partial charge in [0.1, 0.15) is 5.69 Å². The molecule has 3 aromatic heterocycles. The van der Waals surface area contributed by atoms with Crippen LogP contribution < -0.4 is 10.6 Å². The molecule has 1 fully saturated rings. The number of rotatable bonds is 7. The topological polar surface area (TPSA) is 87.2 Å². The number of hydrogen-bond donors (Lipinski definition) is 2. The summed E-state index contributed by atoms with van der Waals surface area (Å²) in [5.74, 6) is -0.238. The van der Waals surface area contributed by atoms with Gasteiger partial charge in [0, 0.05) is 47.4 Å². The van der Waals surface area contributed by atoms with Crippen LogP contribution in [-0.4, -0.2) is 59.9 Å². The molecular weight excluding hydrogens is 386 g/mol. The summed E-state index contributed by atoms with van der Waals surface area (Å²) in [6.07, 6.45) is 5.53. The van der Waals surface area contributed by atoms with Gasteiger partial charge in [0.25, 0.3) is 11.8 Å². The van der Waals surface area contributed by atoms with E-state index in [1.165, 1.54) is 11.3 Å². The Hall–Kier alpha value is -2.84. The largest absolute Gasteiger partial charge is 0.350 e. The summed E-state index contributed by atoms with van der Waals surface area (Å²) in [4.78, 5) is 37.2. The van der Waals surface area contributed by atoms with Crippen LogP contribution in [-0.2, 0) is 0 Å². The van der Waals surface area contributed by atoms with Crippen LogP contribution in [0.1, 0.15) is 33.0 Å². The molecule has 1 aliphatic rings. The van der Waals surface area contributed by atoms with Gasteiger partial charge >= 0.3 is 0 Å². The van der Waals surface area contributed by atoms with Crippen LogP contribution in [0.5, 0.6) is 0 Å². The second-order valence-electron chi connectivity index (χ2n) is 7.43. The fraction of sp³-hybridized carbons (Fsp3) is 0.333. The molecule has 0 saturated heterocycles. The Morgan fingerprint density at radius 3 is 2.72 bits per heavy atom. The molecular formula is C21H23N5O2S. The van der Waals surface area contributed by atoms with E-state index >= 15 is 0 Å². The normalized spacial score (nSPS) is 13.6. The number of thiophene rings is 1. The van der Waals surface area contributed by atoms with Crippen molar-refractivity contribution >= 4 is 34.1 Å². The smallest absolute Gasteiger partial charge is 0.270 e. The highest BCUT2D eigenvalue weighted by Gasteiger charge is 2.24. The van der Waals surface area contributed by atoms with Gasteiger partial charge in [-0.3, -0.25) is 14.6 Å². The summed E-state index contributed by atoms with van der Waals surface area (Å²) < 4.78 is 0. The van der Waals surface area contributed by atoms with Crippen molar-refractivity contribution in [3.8, 4) is 10.4 Å². The minimum atomic E-state index is -0.149.